The van der Waals surface area contributed by atoms with Crippen molar-refractivity contribution in [1.29, 1.82) is 0 Å². The number of rotatable bonds is 8. The first kappa shape index (κ1) is 24.2. The summed E-state index contributed by atoms with van der Waals surface area (Å²) in [6, 6.07) is 19.8. The van der Waals surface area contributed by atoms with Gasteiger partial charge < -0.3 is 20.5 Å². The van der Waals surface area contributed by atoms with Gasteiger partial charge in [0.2, 0.25) is 5.91 Å². The van der Waals surface area contributed by atoms with E-state index in [0.717, 1.165) is 16.0 Å². The number of carboxylic acids is 1. The maximum absolute atomic E-state index is 12.9. The summed E-state index contributed by atoms with van der Waals surface area (Å²) in [5.74, 6) is -1.67. The molecule has 0 bridgehead atoms. The number of nitrogens with one attached hydrogen (secondary N) is 2. The van der Waals surface area contributed by atoms with Gasteiger partial charge in [0.05, 0.1) is 5.56 Å². The Hall–Kier alpha value is -4.92. The SMILES string of the molecule is Cc1ccccc1NC(=O)CN1C(=O)NC(=Cc2ccccc2OCc2ccc(C(=O)O)cc2)C1=O. The number of nitrogens with zero attached hydrogens (tertiary/aromatic N) is 1. The highest BCUT2D eigenvalue weighted by atomic mass is 16.5. The van der Waals surface area contributed by atoms with Gasteiger partial charge in [-0.15, -0.1) is 0 Å². The maximum atomic E-state index is 12.9. The number of anilines is 1. The molecule has 4 amide bonds. The van der Waals surface area contributed by atoms with E-state index in [1.165, 1.54) is 18.2 Å². The third kappa shape index (κ3) is 5.58. The molecule has 3 aromatic rings. The van der Waals surface area contributed by atoms with Crippen LogP contribution in [-0.4, -0.2) is 40.4 Å². The van der Waals surface area contributed by atoms with Gasteiger partial charge in [0, 0.05) is 11.3 Å². The van der Waals surface area contributed by atoms with E-state index in [-0.39, 0.29) is 17.9 Å². The predicted molar refractivity (Wildman–Crippen MR) is 132 cm³/mol. The Balaban J connectivity index is 1.44. The second-order valence-corrected chi connectivity index (χ2v) is 8.07. The van der Waals surface area contributed by atoms with E-state index in [1.807, 2.05) is 19.1 Å². The zero-order valence-electron chi connectivity index (χ0n) is 19.4. The lowest BCUT2D eigenvalue weighted by Crippen LogP contribution is -2.38. The third-order valence-corrected chi connectivity index (χ3v) is 5.50. The molecule has 9 heteroatoms. The summed E-state index contributed by atoms with van der Waals surface area (Å²) in [5, 5.41) is 14.2. The fourth-order valence-corrected chi connectivity index (χ4v) is 3.55. The molecular weight excluding hydrogens is 462 g/mol. The van der Waals surface area contributed by atoms with Crippen molar-refractivity contribution in [3.05, 3.63) is 101 Å². The van der Waals surface area contributed by atoms with Crippen molar-refractivity contribution < 1.29 is 29.0 Å². The van der Waals surface area contributed by atoms with Crippen LogP contribution in [0.4, 0.5) is 10.5 Å². The number of aromatic carboxylic acids is 1. The van der Waals surface area contributed by atoms with Gasteiger partial charge in [-0.05, 0) is 48.4 Å². The second kappa shape index (κ2) is 10.6. The van der Waals surface area contributed by atoms with Crippen LogP contribution in [0, 0.1) is 6.92 Å². The van der Waals surface area contributed by atoms with Crippen molar-refractivity contribution in [3.63, 3.8) is 0 Å². The summed E-state index contributed by atoms with van der Waals surface area (Å²) in [4.78, 5) is 49.6. The minimum absolute atomic E-state index is 0.0190. The first-order valence-electron chi connectivity index (χ1n) is 11.1. The average molecular weight is 485 g/mol. The van der Waals surface area contributed by atoms with Crippen molar-refractivity contribution in [2.45, 2.75) is 13.5 Å². The lowest BCUT2D eigenvalue weighted by Gasteiger charge is -2.13. The van der Waals surface area contributed by atoms with Crippen LogP contribution in [0.2, 0.25) is 0 Å². The van der Waals surface area contributed by atoms with Gasteiger partial charge >= 0.3 is 12.0 Å². The minimum Gasteiger partial charge on any atom is -0.488 e. The van der Waals surface area contributed by atoms with E-state index in [2.05, 4.69) is 10.6 Å². The van der Waals surface area contributed by atoms with Gasteiger partial charge in [-0.2, -0.15) is 0 Å². The van der Waals surface area contributed by atoms with E-state index in [4.69, 9.17) is 9.84 Å². The van der Waals surface area contributed by atoms with Crippen molar-refractivity contribution in [2.75, 3.05) is 11.9 Å². The summed E-state index contributed by atoms with van der Waals surface area (Å²) >= 11 is 0. The fraction of sp³-hybridized carbons (Fsp3) is 0.111. The highest BCUT2D eigenvalue weighted by Crippen LogP contribution is 2.24. The van der Waals surface area contributed by atoms with Crippen LogP contribution in [0.3, 0.4) is 0 Å². The Morgan fingerprint density at radius 1 is 1.00 bits per heavy atom. The number of benzene rings is 3. The number of hydrogen-bond acceptors (Lipinski definition) is 5. The summed E-state index contributed by atoms with van der Waals surface area (Å²) in [7, 11) is 0. The lowest BCUT2D eigenvalue weighted by atomic mass is 10.1. The van der Waals surface area contributed by atoms with E-state index < -0.39 is 30.4 Å². The zero-order valence-corrected chi connectivity index (χ0v) is 19.4. The van der Waals surface area contributed by atoms with E-state index in [0.29, 0.717) is 17.0 Å². The molecule has 0 saturated carbocycles. The third-order valence-electron chi connectivity index (χ3n) is 5.50. The smallest absolute Gasteiger partial charge is 0.335 e. The van der Waals surface area contributed by atoms with Crippen LogP contribution < -0.4 is 15.4 Å². The van der Waals surface area contributed by atoms with E-state index >= 15 is 0 Å². The van der Waals surface area contributed by atoms with Crippen LogP contribution >= 0.6 is 0 Å². The van der Waals surface area contributed by atoms with Crippen molar-refractivity contribution >= 4 is 35.6 Å². The molecule has 0 atom stereocenters. The molecule has 3 N–H and O–H groups in total. The number of urea groups is 1. The summed E-state index contributed by atoms with van der Waals surface area (Å²) in [5.41, 5.74) is 2.97. The summed E-state index contributed by atoms with van der Waals surface area (Å²) < 4.78 is 5.87. The van der Waals surface area contributed by atoms with Crippen LogP contribution in [0.25, 0.3) is 6.08 Å². The van der Waals surface area contributed by atoms with Crippen LogP contribution in [0.5, 0.6) is 5.75 Å². The van der Waals surface area contributed by atoms with Gasteiger partial charge in [0.1, 0.15) is 24.6 Å². The molecule has 0 unspecified atom stereocenters. The first-order valence-corrected chi connectivity index (χ1v) is 11.1. The monoisotopic (exact) mass is 485 g/mol. The number of amides is 4. The molecule has 1 heterocycles. The van der Waals surface area contributed by atoms with Crippen molar-refractivity contribution in [3.8, 4) is 5.75 Å². The number of para-hydroxylation sites is 2. The number of carbonyl (C=O) groups excluding carboxylic acids is 3. The van der Waals surface area contributed by atoms with Crippen LogP contribution in [-0.2, 0) is 16.2 Å². The molecule has 0 aromatic heterocycles. The number of carbonyl (C=O) groups is 4. The quantitative estimate of drug-likeness (QED) is 0.329. The molecule has 1 aliphatic heterocycles. The van der Waals surface area contributed by atoms with Crippen molar-refractivity contribution in [2.24, 2.45) is 0 Å². The standard InChI is InChI=1S/C27H23N3O6/c1-17-6-2-4-8-21(17)28-24(31)15-30-25(32)22(29-27(30)35)14-20-7-3-5-9-23(20)36-16-18-10-12-19(13-11-18)26(33)34/h2-14H,15-16H2,1H3,(H,28,31)(H,29,35)(H,33,34). The van der Waals surface area contributed by atoms with Crippen LogP contribution in [0.1, 0.15) is 27.0 Å². The molecule has 1 fully saturated rings. The van der Waals surface area contributed by atoms with Gasteiger partial charge in [-0.25, -0.2) is 14.5 Å². The summed E-state index contributed by atoms with van der Waals surface area (Å²) in [6.45, 7) is 1.58. The Morgan fingerprint density at radius 3 is 2.42 bits per heavy atom. The van der Waals surface area contributed by atoms with Crippen LogP contribution in [0.15, 0.2) is 78.5 Å². The highest BCUT2D eigenvalue weighted by Gasteiger charge is 2.35. The van der Waals surface area contributed by atoms with E-state index in [1.54, 1.807) is 48.5 Å². The molecule has 0 radical (unpaired) electrons. The molecule has 182 valence electrons. The van der Waals surface area contributed by atoms with Gasteiger partial charge in [0.15, 0.2) is 0 Å². The second-order valence-electron chi connectivity index (χ2n) is 8.07. The molecule has 3 aromatic carbocycles. The Bertz CT molecular complexity index is 1360. The summed E-state index contributed by atoms with van der Waals surface area (Å²) in [6.07, 6.45) is 1.49. The molecule has 4 rings (SSSR count). The molecule has 1 aliphatic rings. The molecule has 1 saturated heterocycles. The number of imide groups is 1. The molecule has 0 spiro atoms. The van der Waals surface area contributed by atoms with Gasteiger partial charge in [-0.1, -0.05) is 48.5 Å². The Morgan fingerprint density at radius 2 is 1.69 bits per heavy atom. The number of aryl methyl sites for hydroxylation is 1. The largest absolute Gasteiger partial charge is 0.488 e. The fourth-order valence-electron chi connectivity index (χ4n) is 3.55. The lowest BCUT2D eigenvalue weighted by molar-refractivity contribution is -0.127. The highest BCUT2D eigenvalue weighted by molar-refractivity contribution is 6.16. The topological polar surface area (TPSA) is 125 Å². The predicted octanol–water partition coefficient (Wildman–Crippen LogP) is 3.80. The van der Waals surface area contributed by atoms with Gasteiger partial charge in [-0.3, -0.25) is 9.59 Å². The molecular formula is C27H23N3O6. The molecule has 0 aliphatic carbocycles. The van der Waals surface area contributed by atoms with Gasteiger partial charge in [0.25, 0.3) is 5.91 Å². The average Bonchev–Trinajstić information content (AvgIpc) is 3.12. The Kier molecular flexibility index (Phi) is 7.10. The maximum Gasteiger partial charge on any atom is 0.335 e. The van der Waals surface area contributed by atoms with Crippen molar-refractivity contribution in [1.82, 2.24) is 10.2 Å². The number of ether oxygens (including phenoxy) is 1. The first-order chi connectivity index (χ1) is 17.3. The zero-order chi connectivity index (χ0) is 25.7. The molecule has 36 heavy (non-hydrogen) atoms. The minimum atomic E-state index is -1.01. The Labute approximate surface area is 207 Å². The number of hydrogen-bond donors (Lipinski definition) is 3. The molecule has 9 nitrogen and oxygen atoms in total. The number of carboxylic acid groups (broad SMARTS) is 1. The van der Waals surface area contributed by atoms with E-state index in [9.17, 15) is 19.2 Å². The normalized spacial score (nSPS) is 14.0.